The predicted octanol–water partition coefficient (Wildman–Crippen LogP) is 1.34. The van der Waals surface area contributed by atoms with Crippen LogP contribution in [-0.4, -0.2) is 21.5 Å². The Bertz CT molecular complexity index is 450. The molecule has 0 fully saturated rings. The quantitative estimate of drug-likeness (QED) is 0.881. The summed E-state index contributed by atoms with van der Waals surface area (Å²) >= 11 is 8.87. The average molecular weight is 314 g/mol. The van der Waals surface area contributed by atoms with Gasteiger partial charge in [0.2, 0.25) is 10.0 Å². The highest BCUT2D eigenvalue weighted by atomic mass is 79.9. The van der Waals surface area contributed by atoms with Crippen molar-refractivity contribution in [1.82, 2.24) is 4.72 Å². The highest BCUT2D eigenvalue weighted by molar-refractivity contribution is 9.10. The van der Waals surface area contributed by atoms with Crippen LogP contribution in [0.1, 0.15) is 0 Å². The van der Waals surface area contributed by atoms with Crippen LogP contribution in [0.5, 0.6) is 0 Å². The first-order valence-electron chi connectivity index (χ1n) is 4.12. The Morgan fingerprint density at radius 3 is 2.73 bits per heavy atom. The van der Waals surface area contributed by atoms with Crippen molar-refractivity contribution in [1.29, 1.82) is 0 Å². The lowest BCUT2D eigenvalue weighted by molar-refractivity contribution is 0.581. The molecule has 0 radical (unpaired) electrons. The summed E-state index contributed by atoms with van der Waals surface area (Å²) in [6, 6.07) is 4.57. The molecule has 0 aromatic heterocycles. The second-order valence-electron chi connectivity index (χ2n) is 2.76. The Morgan fingerprint density at radius 1 is 1.47 bits per heavy atom. The van der Waals surface area contributed by atoms with E-state index in [0.29, 0.717) is 9.50 Å². The van der Waals surface area contributed by atoms with Crippen LogP contribution in [0.2, 0.25) is 5.02 Å². The molecule has 0 aliphatic heterocycles. The third-order valence-electron chi connectivity index (χ3n) is 1.62. The third kappa shape index (κ3) is 3.42. The van der Waals surface area contributed by atoms with Crippen molar-refractivity contribution >= 4 is 37.6 Å². The fraction of sp³-hybridized carbons (Fsp3) is 0.250. The van der Waals surface area contributed by atoms with E-state index in [1.54, 1.807) is 12.1 Å². The topological polar surface area (TPSA) is 72.2 Å². The Labute approximate surface area is 102 Å². The minimum Gasteiger partial charge on any atom is -0.329 e. The first-order valence-corrected chi connectivity index (χ1v) is 6.77. The lowest BCUT2D eigenvalue weighted by atomic mass is 10.4. The summed E-state index contributed by atoms with van der Waals surface area (Å²) < 4.78 is 26.2. The maximum absolute atomic E-state index is 11.7. The largest absolute Gasteiger partial charge is 0.329 e. The maximum Gasteiger partial charge on any atom is 0.241 e. The highest BCUT2D eigenvalue weighted by Crippen LogP contribution is 2.24. The summed E-state index contributed by atoms with van der Waals surface area (Å²) in [5.74, 6) is 0. The molecule has 0 spiro atoms. The third-order valence-corrected chi connectivity index (χ3v) is 4.31. The summed E-state index contributed by atoms with van der Waals surface area (Å²) in [4.78, 5) is 0.114. The molecular weight excluding hydrogens is 304 g/mol. The fourth-order valence-corrected chi connectivity index (χ4v) is 3.23. The Hall–Kier alpha value is -0.140. The van der Waals surface area contributed by atoms with Gasteiger partial charge in [-0.05, 0) is 34.1 Å². The van der Waals surface area contributed by atoms with Gasteiger partial charge in [-0.3, -0.25) is 0 Å². The Morgan fingerprint density at radius 2 is 2.13 bits per heavy atom. The monoisotopic (exact) mass is 312 g/mol. The van der Waals surface area contributed by atoms with Crippen LogP contribution in [0, 0.1) is 0 Å². The van der Waals surface area contributed by atoms with Gasteiger partial charge in [0, 0.05) is 22.6 Å². The molecule has 0 unspecified atom stereocenters. The molecule has 4 nitrogen and oxygen atoms in total. The zero-order valence-corrected chi connectivity index (χ0v) is 10.9. The number of halogens is 2. The molecule has 15 heavy (non-hydrogen) atoms. The van der Waals surface area contributed by atoms with Crippen molar-refractivity contribution in [3.8, 4) is 0 Å². The zero-order valence-electron chi connectivity index (χ0n) is 7.70. The Balaban J connectivity index is 3.09. The van der Waals surface area contributed by atoms with Gasteiger partial charge in [0.25, 0.3) is 0 Å². The van der Waals surface area contributed by atoms with Crippen LogP contribution in [0.3, 0.4) is 0 Å². The Kier molecular flexibility index (Phi) is 4.54. The number of nitrogens with one attached hydrogen (secondary N) is 1. The van der Waals surface area contributed by atoms with Gasteiger partial charge in [-0.2, -0.15) is 0 Å². The van der Waals surface area contributed by atoms with Crippen molar-refractivity contribution in [3.05, 3.63) is 27.7 Å². The van der Waals surface area contributed by atoms with Crippen LogP contribution >= 0.6 is 27.5 Å². The smallest absolute Gasteiger partial charge is 0.241 e. The molecule has 0 saturated carbocycles. The molecule has 0 saturated heterocycles. The molecule has 0 aliphatic rings. The minimum atomic E-state index is -3.54. The van der Waals surface area contributed by atoms with E-state index in [4.69, 9.17) is 17.3 Å². The van der Waals surface area contributed by atoms with Crippen LogP contribution in [0.25, 0.3) is 0 Å². The minimum absolute atomic E-state index is 0.114. The van der Waals surface area contributed by atoms with Gasteiger partial charge in [0.05, 0.1) is 4.90 Å². The summed E-state index contributed by atoms with van der Waals surface area (Å²) in [5.41, 5.74) is 5.22. The van der Waals surface area contributed by atoms with Crippen molar-refractivity contribution in [2.75, 3.05) is 13.1 Å². The molecule has 1 aromatic rings. The van der Waals surface area contributed by atoms with Gasteiger partial charge in [-0.25, -0.2) is 13.1 Å². The van der Waals surface area contributed by atoms with Gasteiger partial charge >= 0.3 is 0 Å². The number of hydrogen-bond donors (Lipinski definition) is 2. The number of hydrogen-bond acceptors (Lipinski definition) is 3. The van der Waals surface area contributed by atoms with E-state index in [9.17, 15) is 8.42 Å². The molecule has 84 valence electrons. The van der Waals surface area contributed by atoms with Crippen LogP contribution in [0.4, 0.5) is 0 Å². The van der Waals surface area contributed by atoms with Gasteiger partial charge in [0.1, 0.15) is 0 Å². The van der Waals surface area contributed by atoms with Crippen molar-refractivity contribution in [2.24, 2.45) is 5.73 Å². The van der Waals surface area contributed by atoms with E-state index in [-0.39, 0.29) is 18.0 Å². The summed E-state index contributed by atoms with van der Waals surface area (Å²) in [6.07, 6.45) is 0. The van der Waals surface area contributed by atoms with Crippen LogP contribution < -0.4 is 10.5 Å². The molecule has 3 N–H and O–H groups in total. The second-order valence-corrected chi connectivity index (χ2v) is 5.79. The van der Waals surface area contributed by atoms with E-state index in [1.807, 2.05) is 0 Å². The van der Waals surface area contributed by atoms with Crippen molar-refractivity contribution in [3.63, 3.8) is 0 Å². The normalized spacial score (nSPS) is 11.7. The first kappa shape index (κ1) is 12.9. The first-order chi connectivity index (χ1) is 6.97. The van der Waals surface area contributed by atoms with E-state index in [0.717, 1.165) is 0 Å². The fourth-order valence-electron chi connectivity index (χ4n) is 0.954. The van der Waals surface area contributed by atoms with E-state index >= 15 is 0 Å². The van der Waals surface area contributed by atoms with Gasteiger partial charge in [0.15, 0.2) is 0 Å². The molecule has 0 amide bonds. The lowest BCUT2D eigenvalue weighted by Crippen LogP contribution is -2.29. The van der Waals surface area contributed by atoms with E-state index < -0.39 is 10.0 Å². The SMILES string of the molecule is NCCNS(=O)(=O)c1cc(Cl)ccc1Br. The van der Waals surface area contributed by atoms with Gasteiger partial charge in [-0.1, -0.05) is 11.6 Å². The van der Waals surface area contributed by atoms with Crippen molar-refractivity contribution < 1.29 is 8.42 Å². The maximum atomic E-state index is 11.7. The number of nitrogens with two attached hydrogens (primary N) is 1. The average Bonchev–Trinajstić information content (AvgIpc) is 2.18. The molecule has 1 rings (SSSR count). The molecule has 0 heterocycles. The summed E-state index contributed by atoms with van der Waals surface area (Å²) in [7, 11) is -3.54. The van der Waals surface area contributed by atoms with Gasteiger partial charge < -0.3 is 5.73 Å². The van der Waals surface area contributed by atoms with Crippen molar-refractivity contribution in [2.45, 2.75) is 4.90 Å². The van der Waals surface area contributed by atoms with Crippen LogP contribution in [0.15, 0.2) is 27.6 Å². The molecule has 0 aliphatic carbocycles. The van der Waals surface area contributed by atoms with E-state index in [2.05, 4.69) is 20.7 Å². The molecule has 0 atom stereocenters. The number of benzene rings is 1. The lowest BCUT2D eigenvalue weighted by Gasteiger charge is -2.07. The molecule has 1 aromatic carbocycles. The highest BCUT2D eigenvalue weighted by Gasteiger charge is 2.16. The standard InChI is InChI=1S/C8H10BrClN2O2S/c9-7-2-1-6(10)5-8(7)15(13,14)12-4-3-11/h1-2,5,12H,3-4,11H2. The van der Waals surface area contributed by atoms with Crippen LogP contribution in [-0.2, 0) is 10.0 Å². The molecule has 7 heteroatoms. The predicted molar refractivity (Wildman–Crippen MR) is 63.4 cm³/mol. The molecular formula is C8H10BrClN2O2S. The van der Waals surface area contributed by atoms with Gasteiger partial charge in [-0.15, -0.1) is 0 Å². The summed E-state index contributed by atoms with van der Waals surface area (Å²) in [6.45, 7) is 0.443. The molecule has 0 bridgehead atoms. The zero-order chi connectivity index (χ0) is 11.5. The second kappa shape index (κ2) is 5.27. The van der Waals surface area contributed by atoms with E-state index in [1.165, 1.54) is 6.07 Å². The number of sulfonamides is 1. The number of rotatable bonds is 4. The summed E-state index contributed by atoms with van der Waals surface area (Å²) in [5, 5.41) is 0.367.